The number of carbonyl (C=O) groups excluding carboxylic acids is 1. The zero-order valence-electron chi connectivity index (χ0n) is 20.5. The number of pyridine rings is 1. The largest absolute Gasteiger partial charge is 0.497 e. The van der Waals surface area contributed by atoms with Crippen molar-refractivity contribution in [3.8, 4) is 17.0 Å². The number of aromatic nitrogens is 3. The summed E-state index contributed by atoms with van der Waals surface area (Å²) in [5.41, 5.74) is 5.07. The van der Waals surface area contributed by atoms with Gasteiger partial charge in [-0.25, -0.2) is 0 Å². The van der Waals surface area contributed by atoms with E-state index >= 15 is 0 Å². The summed E-state index contributed by atoms with van der Waals surface area (Å²) in [4.78, 5) is 20.1. The van der Waals surface area contributed by atoms with Gasteiger partial charge in [-0.15, -0.1) is 0 Å². The highest BCUT2D eigenvalue weighted by Gasteiger charge is 2.47. The fourth-order valence-electron chi connectivity index (χ4n) is 4.47. The number of rotatable bonds is 5. The highest BCUT2D eigenvalue weighted by Crippen LogP contribution is 2.49. The molecule has 0 radical (unpaired) electrons. The Morgan fingerprint density at radius 3 is 2.54 bits per heavy atom. The van der Waals surface area contributed by atoms with E-state index in [-0.39, 0.29) is 5.91 Å². The average Bonchev–Trinajstić information content (AvgIpc) is 3.42. The van der Waals surface area contributed by atoms with Crippen molar-refractivity contribution in [2.24, 2.45) is 0 Å². The minimum absolute atomic E-state index is 0.0899. The number of H-pyrrole nitrogens is 1. The van der Waals surface area contributed by atoms with Gasteiger partial charge in [-0.3, -0.25) is 14.9 Å². The number of ether oxygens (including phenoxy) is 1. The minimum atomic E-state index is -0.399. The molecule has 2 fully saturated rings. The fraction of sp³-hybridized carbons (Fsp3) is 0.321. The Labute approximate surface area is 205 Å². The Hall–Kier alpha value is -3.71. The molecule has 1 saturated carbocycles. The molecule has 7 heteroatoms. The molecule has 180 valence electrons. The zero-order valence-corrected chi connectivity index (χ0v) is 20.5. The van der Waals surface area contributed by atoms with Gasteiger partial charge in [0, 0.05) is 28.9 Å². The molecule has 0 unspecified atom stereocenters. The van der Waals surface area contributed by atoms with Crippen molar-refractivity contribution >= 4 is 16.8 Å². The first-order valence-electron chi connectivity index (χ1n) is 12.0. The summed E-state index contributed by atoms with van der Waals surface area (Å²) in [6.07, 6.45) is 6.71. The van der Waals surface area contributed by atoms with Gasteiger partial charge in [0.2, 0.25) is 0 Å². The van der Waals surface area contributed by atoms with Gasteiger partial charge in [0.15, 0.2) is 0 Å². The SMILES string of the molecule is CN1CCC1.COc1ccc(C)c(C(=O)NC2(c3cc(-c4ccn[nH]4)cc4ncccc34)CC2)c1. The van der Waals surface area contributed by atoms with Gasteiger partial charge < -0.3 is 15.0 Å². The van der Waals surface area contributed by atoms with Crippen LogP contribution in [-0.2, 0) is 5.54 Å². The molecular weight excluding hydrogens is 438 g/mol. The number of nitrogens with one attached hydrogen (secondary N) is 2. The molecule has 2 aromatic carbocycles. The summed E-state index contributed by atoms with van der Waals surface area (Å²) >= 11 is 0. The quantitative estimate of drug-likeness (QED) is 0.443. The predicted molar refractivity (Wildman–Crippen MR) is 138 cm³/mol. The number of aromatic amines is 1. The van der Waals surface area contributed by atoms with Crippen LogP contribution in [0.4, 0.5) is 0 Å². The molecule has 7 nitrogen and oxygen atoms in total. The van der Waals surface area contributed by atoms with Crippen molar-refractivity contribution in [3.63, 3.8) is 0 Å². The molecular formula is C28H31N5O2. The van der Waals surface area contributed by atoms with Gasteiger partial charge in [-0.05, 0) is 93.8 Å². The number of aryl methyl sites for hydroxylation is 1. The van der Waals surface area contributed by atoms with E-state index in [1.165, 1.54) is 19.5 Å². The third-order valence-electron chi connectivity index (χ3n) is 6.92. The number of carbonyl (C=O) groups is 1. The van der Waals surface area contributed by atoms with Crippen molar-refractivity contribution in [2.75, 3.05) is 27.2 Å². The second-order valence-electron chi connectivity index (χ2n) is 9.44. The Kier molecular flexibility index (Phi) is 6.26. The minimum Gasteiger partial charge on any atom is -0.497 e. The standard InChI is InChI=1S/C24H22N4O2.C4H9N/c1-15-5-6-17(30-2)14-19(15)23(29)27-24(8-9-24)20-12-16(21-7-11-26-28-21)13-22-18(20)4-3-10-25-22;1-5-3-2-4-5/h3-7,10-14H,8-9H2,1-2H3,(H,26,28)(H,27,29);2-4H2,1H3. The summed E-state index contributed by atoms with van der Waals surface area (Å²) in [6, 6.07) is 15.7. The third kappa shape index (κ3) is 4.77. The van der Waals surface area contributed by atoms with Gasteiger partial charge in [0.1, 0.15) is 5.75 Å². The zero-order chi connectivity index (χ0) is 24.4. The maximum absolute atomic E-state index is 13.2. The first-order chi connectivity index (χ1) is 17.0. The van der Waals surface area contributed by atoms with Gasteiger partial charge >= 0.3 is 0 Å². The normalized spacial score (nSPS) is 16.1. The van der Waals surface area contributed by atoms with Crippen molar-refractivity contribution in [3.05, 3.63) is 77.6 Å². The molecule has 6 rings (SSSR count). The van der Waals surface area contributed by atoms with Gasteiger partial charge in [-0.1, -0.05) is 12.1 Å². The van der Waals surface area contributed by atoms with Crippen LogP contribution < -0.4 is 10.1 Å². The number of nitrogens with zero attached hydrogens (tertiary/aromatic N) is 3. The Balaban J connectivity index is 0.000000453. The summed E-state index contributed by atoms with van der Waals surface area (Å²) in [7, 11) is 3.75. The predicted octanol–water partition coefficient (Wildman–Crippen LogP) is 4.68. The molecule has 1 aliphatic carbocycles. The lowest BCUT2D eigenvalue weighted by molar-refractivity contribution is 0.0930. The maximum Gasteiger partial charge on any atom is 0.252 e. The van der Waals surface area contributed by atoms with Crippen LogP contribution in [0.3, 0.4) is 0 Å². The topological polar surface area (TPSA) is 83.1 Å². The molecule has 4 aromatic rings. The molecule has 2 N–H and O–H groups in total. The average molecular weight is 470 g/mol. The number of hydrogen-bond donors (Lipinski definition) is 2. The van der Waals surface area contributed by atoms with Crippen molar-refractivity contribution < 1.29 is 9.53 Å². The molecule has 1 amide bonds. The lowest BCUT2D eigenvalue weighted by Crippen LogP contribution is -2.35. The second kappa shape index (κ2) is 9.50. The van der Waals surface area contributed by atoms with Crippen LogP contribution in [0.5, 0.6) is 5.75 Å². The van der Waals surface area contributed by atoms with Crippen molar-refractivity contribution in [2.45, 2.75) is 31.7 Å². The monoisotopic (exact) mass is 469 g/mol. The Morgan fingerprint density at radius 1 is 1.11 bits per heavy atom. The molecule has 1 aliphatic heterocycles. The van der Waals surface area contributed by atoms with Crippen LogP contribution >= 0.6 is 0 Å². The van der Waals surface area contributed by atoms with E-state index in [2.05, 4.69) is 50.6 Å². The van der Waals surface area contributed by atoms with E-state index in [0.717, 1.165) is 46.1 Å². The summed E-state index contributed by atoms with van der Waals surface area (Å²) in [6.45, 7) is 4.58. The Morgan fingerprint density at radius 2 is 1.91 bits per heavy atom. The molecule has 0 spiro atoms. The maximum atomic E-state index is 13.2. The lowest BCUT2D eigenvalue weighted by atomic mass is 9.95. The van der Waals surface area contributed by atoms with Crippen LogP contribution in [0.1, 0.15) is 40.7 Å². The van der Waals surface area contributed by atoms with E-state index in [4.69, 9.17) is 4.74 Å². The van der Waals surface area contributed by atoms with Crippen molar-refractivity contribution in [1.29, 1.82) is 0 Å². The third-order valence-corrected chi connectivity index (χ3v) is 6.92. The smallest absolute Gasteiger partial charge is 0.252 e. The molecule has 0 bridgehead atoms. The number of fused-ring (bicyclic) bond motifs is 1. The Bertz CT molecular complexity index is 1340. The van der Waals surface area contributed by atoms with Crippen molar-refractivity contribution in [1.82, 2.24) is 25.4 Å². The van der Waals surface area contributed by atoms with Gasteiger partial charge in [0.05, 0.1) is 23.9 Å². The first-order valence-corrected chi connectivity index (χ1v) is 12.0. The fourth-order valence-corrected chi connectivity index (χ4v) is 4.47. The molecule has 2 aromatic heterocycles. The molecule has 0 atom stereocenters. The molecule has 2 aliphatic rings. The van der Waals surface area contributed by atoms with E-state index in [9.17, 15) is 4.79 Å². The van der Waals surface area contributed by atoms with E-state index in [1.54, 1.807) is 25.6 Å². The van der Waals surface area contributed by atoms with E-state index in [1.807, 2.05) is 31.2 Å². The number of hydrogen-bond acceptors (Lipinski definition) is 5. The highest BCUT2D eigenvalue weighted by molar-refractivity contribution is 5.98. The first kappa shape index (κ1) is 23.1. The number of methoxy groups -OCH3 is 1. The number of amides is 1. The van der Waals surface area contributed by atoms with Crippen LogP contribution in [0.2, 0.25) is 0 Å². The van der Waals surface area contributed by atoms with Crippen LogP contribution in [0.15, 0.2) is 60.9 Å². The van der Waals surface area contributed by atoms with Crippen LogP contribution in [0.25, 0.3) is 22.2 Å². The molecule has 3 heterocycles. The molecule has 1 saturated heterocycles. The summed E-state index contributed by atoms with van der Waals surface area (Å²) < 4.78 is 5.31. The van der Waals surface area contributed by atoms with Crippen LogP contribution in [0, 0.1) is 6.92 Å². The summed E-state index contributed by atoms with van der Waals surface area (Å²) in [5.74, 6) is 0.583. The highest BCUT2D eigenvalue weighted by atomic mass is 16.5. The lowest BCUT2D eigenvalue weighted by Gasteiger charge is -2.24. The number of likely N-dealkylation sites (tertiary alicyclic amines) is 1. The summed E-state index contributed by atoms with van der Waals surface area (Å²) in [5, 5.41) is 11.5. The van der Waals surface area contributed by atoms with Gasteiger partial charge in [-0.2, -0.15) is 5.10 Å². The second-order valence-corrected chi connectivity index (χ2v) is 9.44. The number of benzene rings is 2. The molecule has 35 heavy (non-hydrogen) atoms. The van der Waals surface area contributed by atoms with E-state index < -0.39 is 5.54 Å². The van der Waals surface area contributed by atoms with Crippen LogP contribution in [-0.4, -0.2) is 53.2 Å². The van der Waals surface area contributed by atoms with E-state index in [0.29, 0.717) is 11.3 Å². The van der Waals surface area contributed by atoms with Gasteiger partial charge in [0.25, 0.3) is 5.91 Å².